The number of guanidine groups is 1. The number of imidazole rings is 1. The van der Waals surface area contributed by atoms with E-state index in [1.165, 1.54) is 25.7 Å². The van der Waals surface area contributed by atoms with Crippen LogP contribution in [0.15, 0.2) is 35.7 Å². The average molecular weight is 494 g/mol. The fraction of sp³-hybridized carbons (Fsp3) is 0.571. The van der Waals surface area contributed by atoms with Crippen LogP contribution in [0.1, 0.15) is 44.0 Å². The molecule has 1 aliphatic heterocycles. The number of pyridine rings is 1. The number of aromatic nitrogens is 3. The van der Waals surface area contributed by atoms with E-state index in [0.29, 0.717) is 6.54 Å². The van der Waals surface area contributed by atoms with Crippen LogP contribution < -0.4 is 5.32 Å². The Morgan fingerprint density at radius 1 is 1.18 bits per heavy atom. The van der Waals surface area contributed by atoms with E-state index in [-0.39, 0.29) is 24.0 Å². The molecule has 2 aromatic rings. The molecule has 2 fully saturated rings. The number of likely N-dealkylation sites (tertiary alicyclic amines) is 1. The topological polar surface area (TPSA) is 58.3 Å². The standard InChI is InChI=1S/C21H30N6.HI/c1-3-22-21(26-14-18-6-4-5-7-19(18)15-26)25-13-17-8-9-20(24-12-17)27-11-10-23-16(27)2;/h8-12,18-19H,3-7,13-15H2,1-2H3,(H,22,25);1H. The molecule has 2 unspecified atom stereocenters. The van der Waals surface area contributed by atoms with Crippen molar-refractivity contribution >= 4 is 29.9 Å². The maximum absolute atomic E-state index is 4.91. The zero-order valence-electron chi connectivity index (χ0n) is 16.8. The van der Waals surface area contributed by atoms with Crippen molar-refractivity contribution in [2.75, 3.05) is 19.6 Å². The highest BCUT2D eigenvalue weighted by Crippen LogP contribution is 2.35. The highest BCUT2D eigenvalue weighted by molar-refractivity contribution is 14.0. The van der Waals surface area contributed by atoms with Gasteiger partial charge in [-0.25, -0.2) is 15.0 Å². The zero-order valence-corrected chi connectivity index (χ0v) is 19.2. The van der Waals surface area contributed by atoms with Crippen molar-refractivity contribution in [1.82, 2.24) is 24.8 Å². The molecule has 2 aromatic heterocycles. The summed E-state index contributed by atoms with van der Waals surface area (Å²) < 4.78 is 1.99. The summed E-state index contributed by atoms with van der Waals surface area (Å²) in [6.45, 7) is 8.01. The molecule has 7 heteroatoms. The summed E-state index contributed by atoms with van der Waals surface area (Å²) in [5.41, 5.74) is 1.13. The summed E-state index contributed by atoms with van der Waals surface area (Å²) in [4.78, 5) is 16.2. The second kappa shape index (κ2) is 9.71. The summed E-state index contributed by atoms with van der Waals surface area (Å²) in [6, 6.07) is 4.15. The van der Waals surface area contributed by atoms with Gasteiger partial charge in [0.05, 0.1) is 6.54 Å². The van der Waals surface area contributed by atoms with E-state index in [1.807, 2.05) is 30.0 Å². The molecule has 1 aliphatic carbocycles. The molecule has 1 saturated carbocycles. The van der Waals surface area contributed by atoms with Crippen LogP contribution >= 0.6 is 24.0 Å². The molecule has 1 N–H and O–H groups in total. The Balaban J connectivity index is 0.00000225. The van der Waals surface area contributed by atoms with Crippen molar-refractivity contribution in [3.63, 3.8) is 0 Å². The van der Waals surface area contributed by atoms with E-state index < -0.39 is 0 Å². The molecule has 3 heterocycles. The monoisotopic (exact) mass is 494 g/mol. The van der Waals surface area contributed by atoms with Crippen molar-refractivity contribution in [2.45, 2.75) is 46.1 Å². The summed E-state index contributed by atoms with van der Waals surface area (Å²) >= 11 is 0. The number of hydrogen-bond donors (Lipinski definition) is 1. The van der Waals surface area contributed by atoms with E-state index in [9.17, 15) is 0 Å². The van der Waals surface area contributed by atoms with Crippen LogP contribution in [0.25, 0.3) is 5.82 Å². The Hall–Kier alpha value is -1.64. The van der Waals surface area contributed by atoms with E-state index >= 15 is 0 Å². The van der Waals surface area contributed by atoms with Gasteiger partial charge in [-0.2, -0.15) is 0 Å². The molecular formula is C21H31IN6. The Kier molecular flexibility index (Phi) is 7.31. The summed E-state index contributed by atoms with van der Waals surface area (Å²) in [6.07, 6.45) is 11.2. The van der Waals surface area contributed by atoms with Gasteiger partial charge in [-0.3, -0.25) is 4.57 Å². The lowest BCUT2D eigenvalue weighted by Gasteiger charge is -2.22. The Labute approximate surface area is 184 Å². The molecule has 152 valence electrons. The quantitative estimate of drug-likeness (QED) is 0.400. The minimum Gasteiger partial charge on any atom is -0.357 e. The number of hydrogen-bond acceptors (Lipinski definition) is 3. The first kappa shape index (κ1) is 21.1. The minimum atomic E-state index is 0. The average Bonchev–Trinajstić information content (AvgIpc) is 3.31. The van der Waals surface area contributed by atoms with Crippen LogP contribution in [0.4, 0.5) is 0 Å². The molecular weight excluding hydrogens is 463 g/mol. The third kappa shape index (κ3) is 4.67. The molecule has 0 bridgehead atoms. The number of aryl methyl sites for hydroxylation is 1. The minimum absolute atomic E-state index is 0. The van der Waals surface area contributed by atoms with E-state index in [4.69, 9.17) is 4.99 Å². The van der Waals surface area contributed by atoms with E-state index in [2.05, 4.69) is 33.2 Å². The van der Waals surface area contributed by atoms with Crippen LogP contribution in [0.2, 0.25) is 0 Å². The van der Waals surface area contributed by atoms with Crippen molar-refractivity contribution in [1.29, 1.82) is 0 Å². The number of halogens is 1. The van der Waals surface area contributed by atoms with Gasteiger partial charge in [0.15, 0.2) is 5.96 Å². The molecule has 1 saturated heterocycles. The Bertz CT molecular complexity index is 770. The SMILES string of the molecule is CCNC(=NCc1ccc(-n2ccnc2C)nc1)N1CC2CCCCC2C1.I. The molecule has 4 rings (SSSR count). The van der Waals surface area contributed by atoms with Gasteiger partial charge in [0.1, 0.15) is 11.6 Å². The predicted octanol–water partition coefficient (Wildman–Crippen LogP) is 3.78. The van der Waals surface area contributed by atoms with Crippen LogP contribution in [0.5, 0.6) is 0 Å². The van der Waals surface area contributed by atoms with Gasteiger partial charge in [-0.05, 0) is 50.2 Å². The lowest BCUT2D eigenvalue weighted by Crippen LogP contribution is -2.40. The van der Waals surface area contributed by atoms with Crippen molar-refractivity contribution in [3.8, 4) is 5.82 Å². The van der Waals surface area contributed by atoms with E-state index in [1.54, 1.807) is 6.20 Å². The van der Waals surface area contributed by atoms with E-state index in [0.717, 1.165) is 54.6 Å². The number of nitrogens with zero attached hydrogens (tertiary/aromatic N) is 5. The lowest BCUT2D eigenvalue weighted by atomic mass is 9.82. The van der Waals surface area contributed by atoms with Gasteiger partial charge in [-0.1, -0.05) is 18.9 Å². The zero-order chi connectivity index (χ0) is 18.6. The first-order valence-electron chi connectivity index (χ1n) is 10.2. The molecule has 2 aliphatic rings. The molecule has 0 amide bonds. The van der Waals surface area contributed by atoms with Crippen LogP contribution in [0, 0.1) is 18.8 Å². The number of aliphatic imine (C=N–C) groups is 1. The fourth-order valence-corrected chi connectivity index (χ4v) is 4.44. The largest absolute Gasteiger partial charge is 0.357 e. The Morgan fingerprint density at radius 3 is 2.50 bits per heavy atom. The van der Waals surface area contributed by atoms with Gasteiger partial charge in [-0.15, -0.1) is 24.0 Å². The number of fused-ring (bicyclic) bond motifs is 1. The molecule has 0 radical (unpaired) electrons. The maximum atomic E-state index is 4.91. The van der Waals surface area contributed by atoms with Gasteiger partial charge >= 0.3 is 0 Å². The molecule has 2 atom stereocenters. The van der Waals surface area contributed by atoms with Gasteiger partial charge in [0.2, 0.25) is 0 Å². The molecule has 0 spiro atoms. The van der Waals surface area contributed by atoms with Gasteiger partial charge in [0, 0.05) is 38.2 Å². The Morgan fingerprint density at radius 2 is 1.93 bits per heavy atom. The highest BCUT2D eigenvalue weighted by atomic mass is 127. The lowest BCUT2D eigenvalue weighted by molar-refractivity contribution is 0.299. The molecule has 6 nitrogen and oxygen atoms in total. The normalized spacial score (nSPS) is 21.9. The molecule has 0 aromatic carbocycles. The van der Waals surface area contributed by atoms with Crippen LogP contribution in [-0.4, -0.2) is 45.0 Å². The first-order chi connectivity index (χ1) is 13.2. The predicted molar refractivity (Wildman–Crippen MR) is 123 cm³/mol. The van der Waals surface area contributed by atoms with Crippen LogP contribution in [-0.2, 0) is 6.54 Å². The third-order valence-corrected chi connectivity index (χ3v) is 5.90. The molecule has 28 heavy (non-hydrogen) atoms. The fourth-order valence-electron chi connectivity index (χ4n) is 4.44. The highest BCUT2D eigenvalue weighted by Gasteiger charge is 2.35. The van der Waals surface area contributed by atoms with Crippen LogP contribution in [0.3, 0.4) is 0 Å². The second-order valence-electron chi connectivity index (χ2n) is 7.75. The smallest absolute Gasteiger partial charge is 0.194 e. The van der Waals surface area contributed by atoms with Gasteiger partial charge in [0.25, 0.3) is 0 Å². The maximum Gasteiger partial charge on any atom is 0.194 e. The summed E-state index contributed by atoms with van der Waals surface area (Å²) in [5.74, 6) is 4.62. The van der Waals surface area contributed by atoms with Crippen molar-refractivity contribution in [2.24, 2.45) is 16.8 Å². The number of nitrogens with one attached hydrogen (secondary N) is 1. The summed E-state index contributed by atoms with van der Waals surface area (Å²) in [7, 11) is 0. The van der Waals surface area contributed by atoms with Crippen molar-refractivity contribution in [3.05, 3.63) is 42.1 Å². The third-order valence-electron chi connectivity index (χ3n) is 5.90. The number of rotatable bonds is 4. The van der Waals surface area contributed by atoms with Gasteiger partial charge < -0.3 is 10.2 Å². The first-order valence-corrected chi connectivity index (χ1v) is 10.2. The second-order valence-corrected chi connectivity index (χ2v) is 7.75. The summed E-state index contributed by atoms with van der Waals surface area (Å²) in [5, 5.41) is 3.49. The van der Waals surface area contributed by atoms with Crippen molar-refractivity contribution < 1.29 is 0 Å².